The van der Waals surface area contributed by atoms with E-state index in [4.69, 9.17) is 16.3 Å². The average Bonchev–Trinajstić information content (AvgIpc) is 2.75. The van der Waals surface area contributed by atoms with Crippen LogP contribution in [0.15, 0.2) is 48.5 Å². The number of anilines is 2. The SMILES string of the molecule is CC(Oc1ccccc1Cl)C(=O)Nc1ccc(NC(=O)C23CC4CC(CC(C4)C2)C3)cc1. The molecule has 5 nitrogen and oxygen atoms in total. The second kappa shape index (κ2) is 8.43. The van der Waals surface area contributed by atoms with Crippen LogP contribution >= 0.6 is 11.6 Å². The molecule has 6 heteroatoms. The van der Waals surface area contributed by atoms with Crippen molar-refractivity contribution in [3.63, 3.8) is 0 Å². The fourth-order valence-corrected chi connectivity index (χ4v) is 6.50. The number of ether oxygens (including phenoxy) is 1. The molecule has 4 saturated carbocycles. The maximum absolute atomic E-state index is 13.2. The summed E-state index contributed by atoms with van der Waals surface area (Å²) < 4.78 is 5.67. The number of carbonyl (C=O) groups excluding carboxylic acids is 2. The summed E-state index contributed by atoms with van der Waals surface area (Å²) in [5, 5.41) is 6.47. The molecule has 2 aromatic carbocycles. The van der Waals surface area contributed by atoms with Crippen LogP contribution in [0.1, 0.15) is 45.4 Å². The van der Waals surface area contributed by atoms with Gasteiger partial charge in [0.2, 0.25) is 5.91 Å². The predicted octanol–water partition coefficient (Wildman–Crippen LogP) is 5.90. The third kappa shape index (κ3) is 4.23. The summed E-state index contributed by atoms with van der Waals surface area (Å²) in [5.74, 6) is 2.59. The number of nitrogens with one attached hydrogen (secondary N) is 2. The van der Waals surface area contributed by atoms with Gasteiger partial charge in [0, 0.05) is 11.4 Å². The Morgan fingerprint density at radius 2 is 1.44 bits per heavy atom. The van der Waals surface area contributed by atoms with Crippen LogP contribution in [0.25, 0.3) is 0 Å². The van der Waals surface area contributed by atoms with Gasteiger partial charge in [0.15, 0.2) is 6.10 Å². The van der Waals surface area contributed by atoms with Gasteiger partial charge in [0.05, 0.1) is 10.4 Å². The Balaban J connectivity index is 1.18. The zero-order valence-corrected chi connectivity index (χ0v) is 19.0. The van der Waals surface area contributed by atoms with Gasteiger partial charge in [-0.2, -0.15) is 0 Å². The minimum absolute atomic E-state index is 0.173. The van der Waals surface area contributed by atoms with E-state index in [9.17, 15) is 9.59 Å². The first-order valence-corrected chi connectivity index (χ1v) is 11.9. The van der Waals surface area contributed by atoms with Gasteiger partial charge in [0.25, 0.3) is 5.91 Å². The Labute approximate surface area is 193 Å². The molecule has 0 saturated heterocycles. The molecule has 6 rings (SSSR count). The lowest BCUT2D eigenvalue weighted by Crippen LogP contribution is -2.51. The molecule has 4 fully saturated rings. The lowest BCUT2D eigenvalue weighted by molar-refractivity contribution is -0.140. The van der Waals surface area contributed by atoms with Crippen LogP contribution in [0, 0.1) is 23.2 Å². The van der Waals surface area contributed by atoms with Crippen molar-refractivity contribution in [2.24, 2.45) is 23.2 Å². The first-order chi connectivity index (χ1) is 15.4. The summed E-state index contributed by atoms with van der Waals surface area (Å²) in [7, 11) is 0. The molecule has 4 aliphatic rings. The lowest BCUT2D eigenvalue weighted by atomic mass is 9.49. The molecule has 1 atom stereocenters. The Morgan fingerprint density at radius 1 is 0.906 bits per heavy atom. The van der Waals surface area contributed by atoms with E-state index in [1.54, 1.807) is 31.2 Å². The van der Waals surface area contributed by atoms with Crippen LogP contribution in [0.3, 0.4) is 0 Å². The highest BCUT2D eigenvalue weighted by Crippen LogP contribution is 2.60. The Morgan fingerprint density at radius 3 is 2.00 bits per heavy atom. The molecule has 168 valence electrons. The van der Waals surface area contributed by atoms with Gasteiger partial charge in [-0.25, -0.2) is 0 Å². The van der Waals surface area contributed by atoms with Crippen molar-refractivity contribution in [2.45, 2.75) is 51.6 Å². The number of rotatable bonds is 6. The first-order valence-electron chi connectivity index (χ1n) is 11.5. The molecule has 4 bridgehead atoms. The number of carbonyl (C=O) groups is 2. The van der Waals surface area contributed by atoms with Gasteiger partial charge in [-0.15, -0.1) is 0 Å². The van der Waals surface area contributed by atoms with Crippen molar-refractivity contribution < 1.29 is 14.3 Å². The van der Waals surface area contributed by atoms with Crippen LogP contribution in [-0.2, 0) is 9.59 Å². The highest BCUT2D eigenvalue weighted by atomic mass is 35.5. The summed E-state index contributed by atoms with van der Waals surface area (Å²) in [6, 6.07) is 14.4. The van der Waals surface area contributed by atoms with Crippen LogP contribution in [0.2, 0.25) is 5.02 Å². The molecule has 1 unspecified atom stereocenters. The molecule has 32 heavy (non-hydrogen) atoms. The molecule has 0 aromatic heterocycles. The number of hydrogen-bond donors (Lipinski definition) is 2. The number of amides is 2. The van der Waals surface area contributed by atoms with Gasteiger partial charge in [-0.3, -0.25) is 9.59 Å². The third-order valence-corrected chi connectivity index (χ3v) is 7.75. The Bertz CT molecular complexity index is 985. The fraction of sp³-hybridized carbons (Fsp3) is 0.462. The van der Waals surface area contributed by atoms with Crippen LogP contribution in [0.4, 0.5) is 11.4 Å². The van der Waals surface area contributed by atoms with Gasteiger partial charge in [-0.1, -0.05) is 23.7 Å². The van der Waals surface area contributed by atoms with Gasteiger partial charge in [-0.05, 0) is 99.6 Å². The molecule has 0 heterocycles. The minimum Gasteiger partial charge on any atom is -0.479 e. The van der Waals surface area contributed by atoms with Crippen LogP contribution < -0.4 is 15.4 Å². The molecule has 0 spiro atoms. The van der Waals surface area contributed by atoms with Gasteiger partial charge >= 0.3 is 0 Å². The van der Waals surface area contributed by atoms with E-state index in [2.05, 4.69) is 10.6 Å². The van der Waals surface area contributed by atoms with E-state index in [1.165, 1.54) is 19.3 Å². The summed E-state index contributed by atoms with van der Waals surface area (Å²) in [6.45, 7) is 1.68. The molecule has 2 aromatic rings. The number of para-hydroxylation sites is 1. The summed E-state index contributed by atoms with van der Waals surface area (Å²) >= 11 is 6.10. The quantitative estimate of drug-likeness (QED) is 0.573. The lowest BCUT2D eigenvalue weighted by Gasteiger charge is -2.55. The average molecular weight is 453 g/mol. The van der Waals surface area contributed by atoms with Crippen molar-refractivity contribution >= 4 is 34.8 Å². The fourth-order valence-electron chi connectivity index (χ4n) is 6.32. The van der Waals surface area contributed by atoms with Gasteiger partial charge in [0.1, 0.15) is 5.75 Å². The number of halogens is 1. The molecule has 0 radical (unpaired) electrons. The smallest absolute Gasteiger partial charge is 0.265 e. The zero-order valence-electron chi connectivity index (χ0n) is 18.3. The first kappa shape index (κ1) is 21.3. The summed E-state index contributed by atoms with van der Waals surface area (Å²) in [6.07, 6.45) is 6.39. The van der Waals surface area contributed by atoms with E-state index >= 15 is 0 Å². The van der Waals surface area contributed by atoms with E-state index in [-0.39, 0.29) is 17.2 Å². The second-order valence-electron chi connectivity index (χ2n) is 9.91. The van der Waals surface area contributed by atoms with Gasteiger partial charge < -0.3 is 15.4 Å². The van der Waals surface area contributed by atoms with Crippen molar-refractivity contribution in [3.05, 3.63) is 53.6 Å². The Kier molecular flexibility index (Phi) is 5.62. The van der Waals surface area contributed by atoms with Crippen LogP contribution in [-0.4, -0.2) is 17.9 Å². The minimum atomic E-state index is -0.703. The second-order valence-corrected chi connectivity index (χ2v) is 10.3. The molecule has 0 aliphatic heterocycles. The normalized spacial score (nSPS) is 28.8. The zero-order chi connectivity index (χ0) is 22.3. The topological polar surface area (TPSA) is 67.4 Å². The van der Waals surface area contributed by atoms with Crippen molar-refractivity contribution in [2.75, 3.05) is 10.6 Å². The molecular formula is C26H29ClN2O3. The molecule has 2 N–H and O–H groups in total. The van der Waals surface area contributed by atoms with Crippen molar-refractivity contribution in [3.8, 4) is 5.75 Å². The van der Waals surface area contributed by atoms with Crippen LogP contribution in [0.5, 0.6) is 5.75 Å². The predicted molar refractivity (Wildman–Crippen MR) is 126 cm³/mol. The standard InChI is InChI=1S/C26H29ClN2O3/c1-16(32-23-5-3-2-4-22(23)27)24(30)28-20-6-8-21(9-7-20)29-25(31)26-13-17-10-18(14-26)12-19(11-17)15-26/h2-9,16-19H,10-15H2,1H3,(H,28,30)(H,29,31). The van der Waals surface area contributed by atoms with E-state index < -0.39 is 6.10 Å². The van der Waals surface area contributed by atoms with E-state index in [0.29, 0.717) is 16.5 Å². The summed E-state index contributed by atoms with van der Waals surface area (Å²) in [5.41, 5.74) is 1.24. The van der Waals surface area contributed by atoms with E-state index in [0.717, 1.165) is 42.7 Å². The van der Waals surface area contributed by atoms with E-state index in [1.807, 2.05) is 24.3 Å². The largest absolute Gasteiger partial charge is 0.479 e. The Hall–Kier alpha value is -2.53. The monoisotopic (exact) mass is 452 g/mol. The molecular weight excluding hydrogens is 424 g/mol. The van der Waals surface area contributed by atoms with Crippen molar-refractivity contribution in [1.82, 2.24) is 0 Å². The highest BCUT2D eigenvalue weighted by molar-refractivity contribution is 6.32. The molecule has 4 aliphatic carbocycles. The maximum atomic E-state index is 13.2. The third-order valence-electron chi connectivity index (χ3n) is 7.44. The molecule has 2 amide bonds. The number of benzene rings is 2. The van der Waals surface area contributed by atoms with Crippen molar-refractivity contribution in [1.29, 1.82) is 0 Å². The maximum Gasteiger partial charge on any atom is 0.265 e. The summed E-state index contributed by atoms with van der Waals surface area (Å²) in [4.78, 5) is 25.7. The highest BCUT2D eigenvalue weighted by Gasteiger charge is 2.54. The number of hydrogen-bond acceptors (Lipinski definition) is 3.